The number of hydrogen-bond donors (Lipinski definition) is 1. The van der Waals surface area contributed by atoms with Gasteiger partial charge in [-0.05, 0) is 42.5 Å². The second-order valence-corrected chi connectivity index (χ2v) is 7.05. The largest absolute Gasteiger partial charge is 0.497 e. The van der Waals surface area contributed by atoms with Crippen LogP contribution in [0, 0.1) is 12.3 Å². The molecule has 0 aliphatic heterocycles. The van der Waals surface area contributed by atoms with Crippen LogP contribution >= 0.6 is 0 Å². The highest BCUT2D eigenvalue weighted by Gasteiger charge is 2.22. The first-order valence-corrected chi connectivity index (χ1v) is 8.79. The number of rotatable bonds is 6. The van der Waals surface area contributed by atoms with Gasteiger partial charge in [-0.25, -0.2) is 8.42 Å². The smallest absolute Gasteiger partial charge is 0.264 e. The molecule has 7 heteroatoms. The van der Waals surface area contributed by atoms with E-state index in [1.165, 1.54) is 38.4 Å². The molecule has 2 aromatic rings. The molecule has 0 bridgehead atoms. The summed E-state index contributed by atoms with van der Waals surface area (Å²) in [7, 11) is -0.835. The van der Waals surface area contributed by atoms with Crippen molar-refractivity contribution in [3.63, 3.8) is 0 Å². The van der Waals surface area contributed by atoms with E-state index in [0.29, 0.717) is 11.4 Å². The fourth-order valence-electron chi connectivity index (χ4n) is 2.12. The summed E-state index contributed by atoms with van der Waals surface area (Å²) in [5.41, 5.74) is 0.697. The lowest BCUT2D eigenvalue weighted by Crippen LogP contribution is -2.27. The molecule has 2 rings (SSSR count). The van der Waals surface area contributed by atoms with Crippen LogP contribution in [-0.4, -0.2) is 35.0 Å². The molecular formula is C18H18N2O4S. The Morgan fingerprint density at radius 3 is 2.52 bits per heavy atom. The van der Waals surface area contributed by atoms with Crippen molar-refractivity contribution in [2.45, 2.75) is 4.90 Å². The van der Waals surface area contributed by atoms with E-state index in [9.17, 15) is 13.2 Å². The van der Waals surface area contributed by atoms with Crippen molar-refractivity contribution < 1.29 is 17.9 Å². The lowest BCUT2D eigenvalue weighted by molar-refractivity contribution is 0.0958. The number of nitrogens with one attached hydrogen (secondary N) is 1. The summed E-state index contributed by atoms with van der Waals surface area (Å²) in [6.45, 7) is 0.0710. The Morgan fingerprint density at radius 1 is 1.24 bits per heavy atom. The molecule has 25 heavy (non-hydrogen) atoms. The van der Waals surface area contributed by atoms with Gasteiger partial charge in [-0.15, -0.1) is 6.42 Å². The number of anilines is 1. The molecule has 0 saturated carbocycles. The van der Waals surface area contributed by atoms with Crippen molar-refractivity contribution in [3.8, 4) is 18.1 Å². The minimum Gasteiger partial charge on any atom is -0.497 e. The van der Waals surface area contributed by atoms with Gasteiger partial charge in [-0.2, -0.15) is 0 Å². The van der Waals surface area contributed by atoms with E-state index in [2.05, 4.69) is 11.2 Å². The minimum absolute atomic E-state index is 0.0131. The van der Waals surface area contributed by atoms with E-state index < -0.39 is 15.9 Å². The van der Waals surface area contributed by atoms with Crippen LogP contribution in [0.25, 0.3) is 0 Å². The van der Waals surface area contributed by atoms with E-state index in [1.807, 2.05) is 0 Å². The van der Waals surface area contributed by atoms with Gasteiger partial charge in [-0.3, -0.25) is 9.10 Å². The number of terminal acetylenes is 1. The fraction of sp³-hybridized carbons (Fsp3) is 0.167. The molecule has 6 nitrogen and oxygen atoms in total. The molecule has 1 amide bonds. The lowest BCUT2D eigenvalue weighted by Gasteiger charge is -2.20. The summed E-state index contributed by atoms with van der Waals surface area (Å²) in [6.07, 6.45) is 5.10. The normalized spacial score (nSPS) is 10.6. The Balaban J connectivity index is 2.32. The second kappa shape index (κ2) is 7.73. The number of nitrogens with zero attached hydrogens (tertiary/aromatic N) is 1. The number of amides is 1. The predicted octanol–water partition coefficient (Wildman–Crippen LogP) is 1.88. The summed E-state index contributed by atoms with van der Waals surface area (Å²) in [5.74, 6) is 2.49. The minimum atomic E-state index is -3.82. The average Bonchev–Trinajstić information content (AvgIpc) is 2.65. The van der Waals surface area contributed by atoms with Crippen LogP contribution in [0.5, 0.6) is 5.75 Å². The molecule has 0 fully saturated rings. The van der Waals surface area contributed by atoms with Crippen LogP contribution in [0.2, 0.25) is 0 Å². The summed E-state index contributed by atoms with van der Waals surface area (Å²) in [4.78, 5) is 12.0. The van der Waals surface area contributed by atoms with E-state index in [4.69, 9.17) is 11.2 Å². The molecule has 2 aromatic carbocycles. The van der Waals surface area contributed by atoms with Gasteiger partial charge in [0.2, 0.25) is 0 Å². The molecule has 0 unspecified atom stereocenters. The summed E-state index contributed by atoms with van der Waals surface area (Å²) >= 11 is 0. The van der Waals surface area contributed by atoms with Gasteiger partial charge in [0.1, 0.15) is 5.75 Å². The first kappa shape index (κ1) is 18.4. The van der Waals surface area contributed by atoms with Crippen LogP contribution < -0.4 is 14.4 Å². The van der Waals surface area contributed by atoms with Crippen molar-refractivity contribution in [1.29, 1.82) is 0 Å². The molecule has 0 heterocycles. The molecule has 1 N–H and O–H groups in total. The van der Waals surface area contributed by atoms with Gasteiger partial charge in [0, 0.05) is 12.6 Å². The van der Waals surface area contributed by atoms with Crippen LogP contribution in [-0.2, 0) is 10.0 Å². The number of carbonyl (C=O) groups is 1. The zero-order chi connectivity index (χ0) is 18.4. The van der Waals surface area contributed by atoms with Gasteiger partial charge in [0.15, 0.2) is 0 Å². The first-order chi connectivity index (χ1) is 11.9. The van der Waals surface area contributed by atoms with E-state index >= 15 is 0 Å². The van der Waals surface area contributed by atoms with Gasteiger partial charge >= 0.3 is 0 Å². The fourth-order valence-corrected chi connectivity index (χ4v) is 3.36. The standard InChI is InChI=1S/C18H18N2O4S/c1-4-12-19-18(21)14-6-5-7-17(13-14)25(22,23)20(2)15-8-10-16(24-3)11-9-15/h1,5-11,13H,12H2,2-3H3,(H,19,21). The number of methoxy groups -OCH3 is 1. The van der Waals surface area contributed by atoms with Crippen LogP contribution in [0.4, 0.5) is 5.69 Å². The highest BCUT2D eigenvalue weighted by atomic mass is 32.2. The van der Waals surface area contributed by atoms with Crippen molar-refractivity contribution in [1.82, 2.24) is 5.32 Å². The van der Waals surface area contributed by atoms with Gasteiger partial charge < -0.3 is 10.1 Å². The number of hydrogen-bond acceptors (Lipinski definition) is 4. The van der Waals surface area contributed by atoms with Gasteiger partial charge in [-0.1, -0.05) is 12.0 Å². The topological polar surface area (TPSA) is 75.7 Å². The third kappa shape index (κ3) is 4.11. The molecule has 0 saturated heterocycles. The number of benzene rings is 2. The Kier molecular flexibility index (Phi) is 5.67. The van der Waals surface area contributed by atoms with Crippen LogP contribution in [0.15, 0.2) is 53.4 Å². The lowest BCUT2D eigenvalue weighted by atomic mass is 10.2. The summed E-state index contributed by atoms with van der Waals surface area (Å²) < 4.78 is 31.8. The maximum absolute atomic E-state index is 12.8. The zero-order valence-corrected chi connectivity index (χ0v) is 14.7. The third-order valence-electron chi connectivity index (χ3n) is 3.54. The monoisotopic (exact) mass is 358 g/mol. The SMILES string of the molecule is C#CCNC(=O)c1cccc(S(=O)(=O)N(C)c2ccc(OC)cc2)c1. The number of ether oxygens (including phenoxy) is 1. The highest BCUT2D eigenvalue weighted by Crippen LogP contribution is 2.24. The van der Waals surface area contributed by atoms with Crippen LogP contribution in [0.3, 0.4) is 0 Å². The molecule has 0 aliphatic carbocycles. The Hall–Kier alpha value is -2.98. The summed E-state index contributed by atoms with van der Waals surface area (Å²) in [5, 5.41) is 2.50. The molecule has 130 valence electrons. The van der Waals surface area contributed by atoms with Gasteiger partial charge in [0.05, 0.1) is 24.2 Å². The molecule has 0 aromatic heterocycles. The zero-order valence-electron chi connectivity index (χ0n) is 13.9. The summed E-state index contributed by atoms with van der Waals surface area (Å²) in [6, 6.07) is 12.4. The van der Waals surface area contributed by atoms with E-state index in [0.717, 1.165) is 4.31 Å². The molecule has 0 spiro atoms. The van der Waals surface area contributed by atoms with Gasteiger partial charge in [0.25, 0.3) is 15.9 Å². The molecule has 0 atom stereocenters. The Morgan fingerprint density at radius 2 is 1.92 bits per heavy atom. The average molecular weight is 358 g/mol. The third-order valence-corrected chi connectivity index (χ3v) is 5.32. The van der Waals surface area contributed by atoms with Crippen molar-refractivity contribution >= 4 is 21.6 Å². The quantitative estimate of drug-likeness (QED) is 0.800. The molecular weight excluding hydrogens is 340 g/mol. The molecule has 0 aliphatic rings. The van der Waals surface area contributed by atoms with Crippen molar-refractivity contribution in [3.05, 3.63) is 54.1 Å². The maximum atomic E-state index is 12.8. The Bertz CT molecular complexity index is 899. The van der Waals surface area contributed by atoms with E-state index in [-0.39, 0.29) is 17.0 Å². The maximum Gasteiger partial charge on any atom is 0.264 e. The first-order valence-electron chi connectivity index (χ1n) is 7.35. The van der Waals surface area contributed by atoms with Crippen LogP contribution in [0.1, 0.15) is 10.4 Å². The van der Waals surface area contributed by atoms with Crippen molar-refractivity contribution in [2.75, 3.05) is 25.0 Å². The second-order valence-electron chi connectivity index (χ2n) is 5.09. The molecule has 0 radical (unpaired) electrons. The van der Waals surface area contributed by atoms with E-state index in [1.54, 1.807) is 24.3 Å². The van der Waals surface area contributed by atoms with Crippen molar-refractivity contribution in [2.24, 2.45) is 0 Å². The number of carbonyl (C=O) groups excluding carboxylic acids is 1. The highest BCUT2D eigenvalue weighted by molar-refractivity contribution is 7.92. The Labute approximate surface area is 147 Å². The number of sulfonamides is 1. The predicted molar refractivity (Wildman–Crippen MR) is 96.2 cm³/mol.